The number of rotatable bonds is 5. The topological polar surface area (TPSA) is 63.2 Å². The number of carbonyl (C=O) groups is 1. The third kappa shape index (κ3) is 4.17. The van der Waals surface area contributed by atoms with Crippen molar-refractivity contribution in [2.75, 3.05) is 0 Å². The van der Waals surface area contributed by atoms with Gasteiger partial charge in [0.05, 0.1) is 10.0 Å². The molecular weight excluding hydrogens is 373 g/mol. The molecule has 0 aliphatic carbocycles. The first-order valence-electron chi connectivity index (χ1n) is 5.95. The van der Waals surface area contributed by atoms with E-state index in [-0.39, 0.29) is 16.1 Å². The van der Waals surface area contributed by atoms with E-state index in [1.54, 1.807) is 0 Å². The van der Waals surface area contributed by atoms with E-state index < -0.39 is 25.7 Å². The lowest BCUT2D eigenvalue weighted by Crippen LogP contribution is -2.34. The molecule has 1 aromatic rings. The highest BCUT2D eigenvalue weighted by Crippen LogP contribution is 2.29. The molecule has 1 N–H and O–H groups in total. The van der Waals surface area contributed by atoms with Gasteiger partial charge in [0.1, 0.15) is 10.7 Å². The van der Waals surface area contributed by atoms with Crippen molar-refractivity contribution in [1.82, 2.24) is 5.32 Å². The molecule has 0 fully saturated rings. The van der Waals surface area contributed by atoms with Crippen LogP contribution in [-0.2, 0) is 9.05 Å². The molecule has 0 unspecified atom stereocenters. The first kappa shape index (κ1) is 17.4. The quantitative estimate of drug-likeness (QED) is 0.789. The zero-order valence-corrected chi connectivity index (χ0v) is 14.1. The number of hydrogen-bond donors (Lipinski definition) is 1. The summed E-state index contributed by atoms with van der Waals surface area (Å²) in [6.07, 6.45) is 1.44. The van der Waals surface area contributed by atoms with E-state index in [2.05, 4.69) is 21.2 Å². The van der Waals surface area contributed by atoms with Crippen LogP contribution in [0.5, 0.6) is 0 Å². The zero-order chi connectivity index (χ0) is 15.5. The van der Waals surface area contributed by atoms with E-state index in [0.717, 1.165) is 25.0 Å². The van der Waals surface area contributed by atoms with Crippen LogP contribution in [-0.4, -0.2) is 20.4 Å². The van der Waals surface area contributed by atoms with Crippen LogP contribution in [0.3, 0.4) is 0 Å². The van der Waals surface area contributed by atoms with Crippen molar-refractivity contribution >= 4 is 41.6 Å². The third-order valence-electron chi connectivity index (χ3n) is 2.83. The number of hydrogen-bond acceptors (Lipinski definition) is 3. The SMILES string of the molecule is CCC(CC)NC(=O)c1cc(F)cc(S(=O)(=O)Cl)c1Br. The molecular formula is C12H14BrClFNO3S. The molecule has 0 aromatic heterocycles. The van der Waals surface area contributed by atoms with Crippen LogP contribution in [0.1, 0.15) is 37.0 Å². The molecule has 0 aliphatic rings. The Balaban J connectivity index is 3.26. The monoisotopic (exact) mass is 385 g/mol. The smallest absolute Gasteiger partial charge is 0.262 e. The fourth-order valence-electron chi connectivity index (χ4n) is 1.66. The van der Waals surface area contributed by atoms with Crippen molar-refractivity contribution in [3.05, 3.63) is 28.0 Å². The molecule has 8 heteroatoms. The lowest BCUT2D eigenvalue weighted by atomic mass is 10.1. The number of carbonyl (C=O) groups excluding carboxylic acids is 1. The minimum Gasteiger partial charge on any atom is -0.349 e. The molecule has 0 spiro atoms. The van der Waals surface area contributed by atoms with Gasteiger partial charge >= 0.3 is 0 Å². The molecule has 0 aliphatic heterocycles. The van der Waals surface area contributed by atoms with Crippen LogP contribution in [0.15, 0.2) is 21.5 Å². The van der Waals surface area contributed by atoms with Crippen molar-refractivity contribution in [2.24, 2.45) is 0 Å². The number of benzene rings is 1. The van der Waals surface area contributed by atoms with Gasteiger partial charge in [-0.3, -0.25) is 4.79 Å². The predicted octanol–water partition coefficient (Wildman–Crippen LogP) is 3.43. The summed E-state index contributed by atoms with van der Waals surface area (Å²) in [7, 11) is 1.07. The summed E-state index contributed by atoms with van der Waals surface area (Å²) in [6, 6.07) is 1.67. The summed E-state index contributed by atoms with van der Waals surface area (Å²) in [4.78, 5) is 11.6. The summed E-state index contributed by atoms with van der Waals surface area (Å²) in [5.74, 6) is -1.39. The maximum Gasteiger partial charge on any atom is 0.262 e. The van der Waals surface area contributed by atoms with Crippen molar-refractivity contribution in [2.45, 2.75) is 37.6 Å². The first-order valence-corrected chi connectivity index (χ1v) is 9.05. The minimum atomic E-state index is -4.15. The average molecular weight is 387 g/mol. The van der Waals surface area contributed by atoms with E-state index in [1.807, 2.05) is 13.8 Å². The third-order valence-corrected chi connectivity index (χ3v) is 5.29. The Labute approximate surface area is 130 Å². The summed E-state index contributed by atoms with van der Waals surface area (Å²) in [6.45, 7) is 3.81. The molecule has 0 heterocycles. The normalized spacial score (nSPS) is 11.7. The Morgan fingerprint density at radius 3 is 2.40 bits per heavy atom. The lowest BCUT2D eigenvalue weighted by Gasteiger charge is -2.16. The first-order chi connectivity index (χ1) is 9.20. The second kappa shape index (κ2) is 6.87. The molecule has 4 nitrogen and oxygen atoms in total. The summed E-state index contributed by atoms with van der Waals surface area (Å²) in [5, 5.41) is 2.71. The number of amides is 1. The van der Waals surface area contributed by atoms with Gasteiger partial charge in [-0.1, -0.05) is 13.8 Å². The molecule has 1 rings (SSSR count). The van der Waals surface area contributed by atoms with Gasteiger partial charge < -0.3 is 5.32 Å². The Morgan fingerprint density at radius 2 is 1.95 bits per heavy atom. The second-order valence-electron chi connectivity index (χ2n) is 4.19. The highest BCUT2D eigenvalue weighted by molar-refractivity contribution is 9.10. The Morgan fingerprint density at radius 1 is 1.40 bits per heavy atom. The van der Waals surface area contributed by atoms with Gasteiger partial charge in [0.25, 0.3) is 15.0 Å². The van der Waals surface area contributed by atoms with Gasteiger partial charge in [0.2, 0.25) is 0 Å². The highest BCUT2D eigenvalue weighted by Gasteiger charge is 2.23. The predicted molar refractivity (Wildman–Crippen MR) is 79.0 cm³/mol. The van der Waals surface area contributed by atoms with Crippen LogP contribution in [0, 0.1) is 5.82 Å². The largest absolute Gasteiger partial charge is 0.349 e. The van der Waals surface area contributed by atoms with Gasteiger partial charge in [0, 0.05) is 16.7 Å². The molecule has 20 heavy (non-hydrogen) atoms. The summed E-state index contributed by atoms with van der Waals surface area (Å²) >= 11 is 2.99. The molecule has 0 saturated heterocycles. The fourth-order valence-corrected chi connectivity index (χ4v) is 3.93. The van der Waals surface area contributed by atoms with Gasteiger partial charge in [-0.2, -0.15) is 0 Å². The molecule has 0 saturated carbocycles. The van der Waals surface area contributed by atoms with Gasteiger partial charge in [-0.05, 0) is 40.9 Å². The van der Waals surface area contributed by atoms with Crippen molar-refractivity contribution in [1.29, 1.82) is 0 Å². The van der Waals surface area contributed by atoms with Gasteiger partial charge in [0.15, 0.2) is 0 Å². The Hall–Kier alpha value is -0.660. The van der Waals surface area contributed by atoms with Crippen molar-refractivity contribution in [3.63, 3.8) is 0 Å². The molecule has 0 atom stereocenters. The van der Waals surface area contributed by atoms with E-state index in [0.29, 0.717) is 0 Å². The van der Waals surface area contributed by atoms with Gasteiger partial charge in [-0.25, -0.2) is 12.8 Å². The van der Waals surface area contributed by atoms with E-state index in [1.165, 1.54) is 0 Å². The maximum atomic E-state index is 13.5. The van der Waals surface area contributed by atoms with E-state index >= 15 is 0 Å². The van der Waals surface area contributed by atoms with Crippen LogP contribution < -0.4 is 5.32 Å². The van der Waals surface area contributed by atoms with Crippen molar-refractivity contribution in [3.8, 4) is 0 Å². The molecule has 0 bridgehead atoms. The van der Waals surface area contributed by atoms with Crippen LogP contribution in [0.2, 0.25) is 0 Å². The van der Waals surface area contributed by atoms with E-state index in [4.69, 9.17) is 10.7 Å². The van der Waals surface area contributed by atoms with E-state index in [9.17, 15) is 17.6 Å². The number of nitrogens with one attached hydrogen (secondary N) is 1. The standard InChI is InChI=1S/C12H14BrClFNO3S/c1-3-8(4-2)16-12(17)9-5-7(15)6-10(11(9)13)20(14,18)19/h5-6,8H,3-4H2,1-2H3,(H,16,17). The second-order valence-corrected chi connectivity index (χ2v) is 7.52. The maximum absolute atomic E-state index is 13.5. The molecule has 112 valence electrons. The highest BCUT2D eigenvalue weighted by atomic mass is 79.9. The lowest BCUT2D eigenvalue weighted by molar-refractivity contribution is 0.0933. The van der Waals surface area contributed by atoms with Gasteiger partial charge in [-0.15, -0.1) is 0 Å². The Kier molecular flexibility index (Phi) is 5.97. The summed E-state index contributed by atoms with van der Waals surface area (Å²) < 4.78 is 36.1. The Bertz CT molecular complexity index is 617. The molecule has 1 amide bonds. The average Bonchev–Trinajstić information content (AvgIpc) is 2.36. The zero-order valence-electron chi connectivity index (χ0n) is 10.9. The fraction of sp³-hybridized carbons (Fsp3) is 0.417. The van der Waals surface area contributed by atoms with Crippen LogP contribution in [0.25, 0.3) is 0 Å². The van der Waals surface area contributed by atoms with Crippen molar-refractivity contribution < 1.29 is 17.6 Å². The number of halogens is 3. The molecule has 0 radical (unpaired) electrons. The summed E-state index contributed by atoms with van der Waals surface area (Å²) in [5.41, 5.74) is -0.101. The van der Waals surface area contributed by atoms with Crippen LogP contribution in [0.4, 0.5) is 4.39 Å². The minimum absolute atomic E-state index is 0.0441. The molecule has 1 aromatic carbocycles. The van der Waals surface area contributed by atoms with Crippen LogP contribution >= 0.6 is 26.6 Å².